The Morgan fingerprint density at radius 1 is 0.784 bits per heavy atom. The molecular formula is C32H26F3N2+. The maximum atomic E-state index is 13.7. The number of aryl methyl sites for hydroxylation is 2. The molecule has 37 heavy (non-hydrogen) atoms. The van der Waals surface area contributed by atoms with Gasteiger partial charge in [-0.25, -0.2) is 4.57 Å². The molecule has 2 nitrogen and oxygen atoms in total. The molecule has 0 aliphatic carbocycles. The number of alkyl halides is 3. The Morgan fingerprint density at radius 3 is 2.30 bits per heavy atom. The van der Waals surface area contributed by atoms with E-state index in [-0.39, 0.29) is 6.42 Å². The number of benzene rings is 4. The molecule has 0 spiro atoms. The molecule has 0 amide bonds. The first-order valence-corrected chi connectivity index (χ1v) is 12.5. The fraction of sp³-hybridized carbons (Fsp3) is 0.219. The van der Waals surface area contributed by atoms with Crippen LogP contribution < -0.4 is 4.57 Å². The summed E-state index contributed by atoms with van der Waals surface area (Å²) in [6.07, 6.45) is -2.24. The first-order chi connectivity index (χ1) is 17.6. The van der Waals surface area contributed by atoms with Crippen LogP contribution in [0.2, 0.25) is 0 Å². The molecular weight excluding hydrogens is 469 g/mol. The third-order valence-electron chi connectivity index (χ3n) is 8.19. The summed E-state index contributed by atoms with van der Waals surface area (Å²) in [6.45, 7) is 4.71. The second-order valence-corrected chi connectivity index (χ2v) is 11.1. The summed E-state index contributed by atoms with van der Waals surface area (Å²) in [5.41, 5.74) is 4.71. The Labute approximate surface area is 211 Å². The van der Waals surface area contributed by atoms with E-state index >= 15 is 0 Å². The Balaban J connectivity index is 1.70. The molecule has 7 aromatic rings. The van der Waals surface area contributed by atoms with Crippen molar-refractivity contribution in [2.24, 2.45) is 12.5 Å². The second-order valence-electron chi connectivity index (χ2n) is 11.1. The molecule has 7 rings (SSSR count). The van der Waals surface area contributed by atoms with E-state index < -0.39 is 11.6 Å². The normalized spacial score (nSPS) is 13.4. The highest BCUT2D eigenvalue weighted by atomic mass is 19.4. The molecule has 0 fully saturated rings. The molecule has 184 valence electrons. The van der Waals surface area contributed by atoms with Gasteiger partial charge in [0.25, 0.3) is 0 Å². The van der Waals surface area contributed by atoms with E-state index in [0.29, 0.717) is 5.56 Å². The van der Waals surface area contributed by atoms with Crippen molar-refractivity contribution in [1.29, 1.82) is 0 Å². The van der Waals surface area contributed by atoms with Crippen molar-refractivity contribution < 1.29 is 17.7 Å². The highest BCUT2D eigenvalue weighted by molar-refractivity contribution is 6.29. The summed E-state index contributed by atoms with van der Waals surface area (Å²) >= 11 is 0. The fourth-order valence-electron chi connectivity index (χ4n) is 6.23. The Kier molecular flexibility index (Phi) is 4.30. The predicted octanol–water partition coefficient (Wildman–Crippen LogP) is 8.41. The monoisotopic (exact) mass is 495 g/mol. The highest BCUT2D eigenvalue weighted by Crippen LogP contribution is 2.44. The van der Waals surface area contributed by atoms with E-state index in [1.807, 2.05) is 18.2 Å². The van der Waals surface area contributed by atoms with E-state index in [9.17, 15) is 13.2 Å². The van der Waals surface area contributed by atoms with Crippen molar-refractivity contribution in [2.75, 3.05) is 0 Å². The van der Waals surface area contributed by atoms with Gasteiger partial charge >= 0.3 is 6.18 Å². The van der Waals surface area contributed by atoms with Gasteiger partial charge in [-0.05, 0) is 47.4 Å². The van der Waals surface area contributed by atoms with Gasteiger partial charge in [-0.2, -0.15) is 13.2 Å². The number of hydrogen-bond acceptors (Lipinski definition) is 0. The summed E-state index contributed by atoms with van der Waals surface area (Å²) in [5.74, 6) is 0. The van der Waals surface area contributed by atoms with Crippen LogP contribution >= 0.6 is 0 Å². The van der Waals surface area contributed by atoms with Crippen molar-refractivity contribution in [2.45, 2.75) is 33.4 Å². The standard InChI is InChI=1S/C32H26F3N2/c1-18-9-11-24-23-7-5-6-8-25(23)37-28-22-12-10-19(17-31(2,3)32(33,34)35)15-21(22)16-20-13-14-36(4)30(27(20)28)26(18)29(24)37/h5-16H,17H2,1-4H3/q+1. The Bertz CT molecular complexity index is 2040. The molecule has 0 aliphatic rings. The minimum absolute atomic E-state index is 0.0620. The number of pyridine rings is 2. The van der Waals surface area contributed by atoms with E-state index in [1.165, 1.54) is 52.0 Å². The Morgan fingerprint density at radius 2 is 1.51 bits per heavy atom. The molecule has 0 aliphatic heterocycles. The van der Waals surface area contributed by atoms with Crippen LogP contribution in [0, 0.1) is 12.3 Å². The first-order valence-electron chi connectivity index (χ1n) is 12.5. The number of halogens is 3. The van der Waals surface area contributed by atoms with Gasteiger partial charge in [-0.15, -0.1) is 0 Å². The molecule has 5 heteroatoms. The number of aromatic nitrogens is 2. The first kappa shape index (κ1) is 22.3. The lowest BCUT2D eigenvalue weighted by Crippen LogP contribution is -2.34. The zero-order valence-electron chi connectivity index (χ0n) is 21.2. The van der Waals surface area contributed by atoms with Gasteiger partial charge in [0.2, 0.25) is 5.52 Å². The zero-order chi connectivity index (χ0) is 25.9. The minimum atomic E-state index is -4.27. The van der Waals surface area contributed by atoms with Crippen LogP contribution in [-0.2, 0) is 13.5 Å². The van der Waals surface area contributed by atoms with Crippen molar-refractivity contribution >= 4 is 59.8 Å². The van der Waals surface area contributed by atoms with E-state index in [1.54, 1.807) is 0 Å². The molecule has 0 saturated carbocycles. The maximum absolute atomic E-state index is 13.7. The summed E-state index contributed by atoms with van der Waals surface area (Å²) in [7, 11) is 2.08. The molecule has 4 aromatic carbocycles. The number of rotatable bonds is 2. The Hall–Kier alpha value is -3.86. The molecule has 3 aromatic heterocycles. The lowest BCUT2D eigenvalue weighted by Gasteiger charge is -2.27. The topological polar surface area (TPSA) is 8.29 Å². The van der Waals surface area contributed by atoms with E-state index in [0.717, 1.165) is 27.2 Å². The van der Waals surface area contributed by atoms with Crippen LogP contribution in [0.15, 0.2) is 72.9 Å². The van der Waals surface area contributed by atoms with Crippen LogP contribution in [0.4, 0.5) is 13.2 Å². The van der Waals surface area contributed by atoms with Gasteiger partial charge in [0.15, 0.2) is 6.20 Å². The predicted molar refractivity (Wildman–Crippen MR) is 146 cm³/mol. The summed E-state index contributed by atoms with van der Waals surface area (Å²) in [6, 6.07) is 23.0. The van der Waals surface area contributed by atoms with Gasteiger partial charge < -0.3 is 4.40 Å². The molecule has 3 heterocycles. The van der Waals surface area contributed by atoms with Crippen LogP contribution in [0.25, 0.3) is 59.8 Å². The number of hydrogen-bond donors (Lipinski definition) is 0. The van der Waals surface area contributed by atoms with Gasteiger partial charge in [-0.1, -0.05) is 62.4 Å². The van der Waals surface area contributed by atoms with Gasteiger partial charge in [0.1, 0.15) is 7.05 Å². The van der Waals surface area contributed by atoms with Gasteiger partial charge in [0.05, 0.1) is 32.7 Å². The molecule has 0 bridgehead atoms. The average Bonchev–Trinajstić information content (AvgIpc) is 3.17. The highest BCUT2D eigenvalue weighted by Gasteiger charge is 2.47. The largest absolute Gasteiger partial charge is 0.394 e. The quantitative estimate of drug-likeness (QED) is 0.129. The maximum Gasteiger partial charge on any atom is 0.394 e. The lowest BCUT2D eigenvalue weighted by atomic mass is 9.84. The van der Waals surface area contributed by atoms with Crippen molar-refractivity contribution in [3.8, 4) is 0 Å². The number of para-hydroxylation sites is 1. The lowest BCUT2D eigenvalue weighted by molar-refractivity contribution is -0.643. The average molecular weight is 496 g/mol. The summed E-state index contributed by atoms with van der Waals surface area (Å²) in [4.78, 5) is 0. The zero-order valence-corrected chi connectivity index (χ0v) is 21.2. The molecule has 0 unspecified atom stereocenters. The van der Waals surface area contributed by atoms with E-state index in [4.69, 9.17) is 0 Å². The smallest absolute Gasteiger partial charge is 0.307 e. The third-order valence-corrected chi connectivity index (χ3v) is 8.19. The van der Waals surface area contributed by atoms with Crippen LogP contribution in [0.1, 0.15) is 25.0 Å². The number of fused-ring (bicyclic) bond motifs is 7. The van der Waals surface area contributed by atoms with E-state index in [2.05, 4.69) is 77.7 Å². The minimum Gasteiger partial charge on any atom is -0.307 e. The second kappa shape index (κ2) is 7.12. The van der Waals surface area contributed by atoms with Gasteiger partial charge in [0, 0.05) is 22.2 Å². The summed E-state index contributed by atoms with van der Waals surface area (Å²) in [5, 5.41) is 7.90. The molecule has 0 saturated heterocycles. The SMILES string of the molecule is Cc1ccc2c3ccccc3n3c2c1c1c2c(cc[n+]1C)cc1cc(CC(C)(C)C(F)(F)F)ccc1c23. The third kappa shape index (κ3) is 2.91. The molecule has 0 radical (unpaired) electrons. The summed E-state index contributed by atoms with van der Waals surface area (Å²) < 4.78 is 45.5. The van der Waals surface area contributed by atoms with Crippen LogP contribution in [0.3, 0.4) is 0 Å². The van der Waals surface area contributed by atoms with Crippen molar-refractivity contribution in [3.63, 3.8) is 0 Å². The van der Waals surface area contributed by atoms with Crippen LogP contribution in [0.5, 0.6) is 0 Å². The molecule has 0 N–H and O–H groups in total. The van der Waals surface area contributed by atoms with Crippen molar-refractivity contribution in [1.82, 2.24) is 4.40 Å². The number of nitrogens with zero attached hydrogens (tertiary/aromatic N) is 2. The fourth-order valence-corrected chi connectivity index (χ4v) is 6.23. The van der Waals surface area contributed by atoms with Crippen molar-refractivity contribution in [3.05, 3.63) is 84.1 Å². The molecule has 0 atom stereocenters. The van der Waals surface area contributed by atoms with Crippen LogP contribution in [-0.4, -0.2) is 10.6 Å². The van der Waals surface area contributed by atoms with Gasteiger partial charge in [-0.3, -0.25) is 0 Å².